The first kappa shape index (κ1) is 11.1. The summed E-state index contributed by atoms with van der Waals surface area (Å²) in [5, 5.41) is 1.16. The Kier molecular flexibility index (Phi) is 4.88. The van der Waals surface area contributed by atoms with E-state index >= 15 is 0 Å². The third-order valence-corrected chi connectivity index (χ3v) is 3.38. The molecule has 0 aliphatic carbocycles. The smallest absolute Gasteiger partial charge is 0.142 e. The third kappa shape index (κ3) is 3.73. The van der Waals surface area contributed by atoms with Crippen molar-refractivity contribution in [1.29, 1.82) is 0 Å². The van der Waals surface area contributed by atoms with Crippen LogP contribution in [-0.4, -0.2) is 14.2 Å². The maximum Gasteiger partial charge on any atom is 0.142 e. The zero-order valence-electron chi connectivity index (χ0n) is 8.09. The number of hydrogen-bond donors (Lipinski definition) is 0. The highest BCUT2D eigenvalue weighted by Crippen LogP contribution is 2.16. The van der Waals surface area contributed by atoms with Crippen LogP contribution in [0.25, 0.3) is 0 Å². The molecule has 13 heavy (non-hydrogen) atoms. The molecule has 0 aliphatic heterocycles. The Labute approximate surface area is 92.1 Å². The molecule has 2 nitrogen and oxygen atoms in total. The summed E-state index contributed by atoms with van der Waals surface area (Å²) in [7, 11) is 0. The lowest BCUT2D eigenvalue weighted by atomic mass is 10.2. The highest BCUT2D eigenvalue weighted by molar-refractivity contribution is 9.09. The van der Waals surface area contributed by atoms with Gasteiger partial charge in [-0.1, -0.05) is 36.2 Å². The van der Waals surface area contributed by atoms with Gasteiger partial charge in [0.15, 0.2) is 0 Å². The fourth-order valence-corrected chi connectivity index (χ4v) is 2.90. The van der Waals surface area contributed by atoms with E-state index in [1.807, 2.05) is 0 Å². The SMILES string of the molecule is CCCC(Br)Cc1nc(CC)ns1. The molecule has 1 aromatic heterocycles. The first-order valence-electron chi connectivity index (χ1n) is 4.71. The molecule has 0 bridgehead atoms. The third-order valence-electron chi connectivity index (χ3n) is 1.82. The van der Waals surface area contributed by atoms with E-state index < -0.39 is 0 Å². The number of rotatable bonds is 5. The molecule has 4 heteroatoms. The quantitative estimate of drug-likeness (QED) is 0.762. The van der Waals surface area contributed by atoms with Gasteiger partial charge in [-0.25, -0.2) is 4.98 Å². The molecule has 0 fully saturated rings. The van der Waals surface area contributed by atoms with Crippen molar-refractivity contribution in [3.8, 4) is 0 Å². The summed E-state index contributed by atoms with van der Waals surface area (Å²) in [6.07, 6.45) is 4.39. The van der Waals surface area contributed by atoms with Crippen molar-refractivity contribution in [2.45, 2.75) is 44.4 Å². The molecule has 0 saturated heterocycles. The Morgan fingerprint density at radius 2 is 2.23 bits per heavy atom. The van der Waals surface area contributed by atoms with E-state index in [1.54, 1.807) is 0 Å². The summed E-state index contributed by atoms with van der Waals surface area (Å²) in [6.45, 7) is 4.29. The topological polar surface area (TPSA) is 25.8 Å². The van der Waals surface area contributed by atoms with Crippen LogP contribution in [0.3, 0.4) is 0 Å². The predicted octanol–water partition coefficient (Wildman–Crippen LogP) is 3.21. The lowest BCUT2D eigenvalue weighted by molar-refractivity contribution is 0.740. The molecule has 0 aromatic carbocycles. The van der Waals surface area contributed by atoms with Crippen molar-refractivity contribution in [2.24, 2.45) is 0 Å². The van der Waals surface area contributed by atoms with Gasteiger partial charge in [0.25, 0.3) is 0 Å². The highest BCUT2D eigenvalue weighted by atomic mass is 79.9. The van der Waals surface area contributed by atoms with E-state index in [2.05, 4.69) is 39.1 Å². The molecular formula is C9H15BrN2S. The van der Waals surface area contributed by atoms with Crippen LogP contribution in [0.15, 0.2) is 0 Å². The van der Waals surface area contributed by atoms with Gasteiger partial charge in [0.2, 0.25) is 0 Å². The molecule has 0 aliphatic rings. The van der Waals surface area contributed by atoms with Gasteiger partial charge in [0.1, 0.15) is 10.8 Å². The Hall–Kier alpha value is 0.0400. The fourth-order valence-electron chi connectivity index (χ4n) is 1.12. The first-order valence-corrected chi connectivity index (χ1v) is 6.40. The van der Waals surface area contributed by atoms with E-state index in [0.29, 0.717) is 4.83 Å². The van der Waals surface area contributed by atoms with Crippen LogP contribution >= 0.6 is 27.5 Å². The van der Waals surface area contributed by atoms with Crippen molar-refractivity contribution in [2.75, 3.05) is 0 Å². The normalized spacial score (nSPS) is 13.2. The minimum Gasteiger partial charge on any atom is -0.225 e. The van der Waals surface area contributed by atoms with Crippen molar-refractivity contribution in [3.05, 3.63) is 10.8 Å². The minimum atomic E-state index is 0.565. The molecule has 1 rings (SSSR count). The average molecular weight is 263 g/mol. The fraction of sp³-hybridized carbons (Fsp3) is 0.778. The summed E-state index contributed by atoms with van der Waals surface area (Å²) in [4.78, 5) is 4.99. The number of aryl methyl sites for hydroxylation is 1. The maximum absolute atomic E-state index is 4.43. The molecule has 0 amide bonds. The molecular weight excluding hydrogens is 248 g/mol. The van der Waals surface area contributed by atoms with Crippen LogP contribution in [0.5, 0.6) is 0 Å². The Balaban J connectivity index is 2.44. The second kappa shape index (κ2) is 5.70. The Bertz CT molecular complexity index is 250. The zero-order chi connectivity index (χ0) is 9.68. The van der Waals surface area contributed by atoms with Crippen LogP contribution in [0, 0.1) is 0 Å². The monoisotopic (exact) mass is 262 g/mol. The molecule has 1 heterocycles. The van der Waals surface area contributed by atoms with Crippen LogP contribution in [0.4, 0.5) is 0 Å². The van der Waals surface area contributed by atoms with Gasteiger partial charge in [-0.15, -0.1) is 0 Å². The second-order valence-corrected chi connectivity index (χ2v) is 5.18. The van der Waals surface area contributed by atoms with Gasteiger partial charge in [0.05, 0.1) is 0 Å². The standard InChI is InChI=1S/C9H15BrN2S/c1-3-5-7(10)6-9-11-8(4-2)12-13-9/h7H,3-6H2,1-2H3. The summed E-state index contributed by atoms with van der Waals surface area (Å²) < 4.78 is 4.26. The summed E-state index contributed by atoms with van der Waals surface area (Å²) in [5.41, 5.74) is 0. The van der Waals surface area contributed by atoms with E-state index in [9.17, 15) is 0 Å². The van der Waals surface area contributed by atoms with Crippen molar-refractivity contribution >= 4 is 27.5 Å². The lowest BCUT2D eigenvalue weighted by Gasteiger charge is -2.03. The van der Waals surface area contributed by atoms with Crippen molar-refractivity contribution in [1.82, 2.24) is 9.36 Å². The Morgan fingerprint density at radius 1 is 1.46 bits per heavy atom. The molecule has 74 valence electrons. The van der Waals surface area contributed by atoms with Crippen molar-refractivity contribution < 1.29 is 0 Å². The molecule has 0 saturated carbocycles. The number of aromatic nitrogens is 2. The van der Waals surface area contributed by atoms with Gasteiger partial charge in [-0.2, -0.15) is 4.37 Å². The van der Waals surface area contributed by atoms with Crippen LogP contribution in [-0.2, 0) is 12.8 Å². The number of hydrogen-bond acceptors (Lipinski definition) is 3. The highest BCUT2D eigenvalue weighted by Gasteiger charge is 2.08. The van der Waals surface area contributed by atoms with Crippen molar-refractivity contribution in [3.63, 3.8) is 0 Å². The van der Waals surface area contributed by atoms with E-state index in [-0.39, 0.29) is 0 Å². The first-order chi connectivity index (χ1) is 6.26. The summed E-state index contributed by atoms with van der Waals surface area (Å²) in [6, 6.07) is 0. The predicted molar refractivity (Wildman–Crippen MR) is 60.6 cm³/mol. The molecule has 1 aromatic rings. The van der Waals surface area contributed by atoms with E-state index in [4.69, 9.17) is 0 Å². The molecule has 0 N–H and O–H groups in total. The minimum absolute atomic E-state index is 0.565. The lowest BCUT2D eigenvalue weighted by Crippen LogP contribution is -2.01. The average Bonchev–Trinajstić information content (AvgIpc) is 2.52. The number of halogens is 1. The van der Waals surface area contributed by atoms with Gasteiger partial charge < -0.3 is 0 Å². The largest absolute Gasteiger partial charge is 0.225 e. The molecule has 0 radical (unpaired) electrons. The summed E-state index contributed by atoms with van der Waals surface area (Å²) >= 11 is 5.18. The van der Waals surface area contributed by atoms with Crippen LogP contribution in [0.1, 0.15) is 37.5 Å². The van der Waals surface area contributed by atoms with Gasteiger partial charge in [0, 0.05) is 17.7 Å². The molecule has 1 atom stereocenters. The second-order valence-electron chi connectivity index (χ2n) is 3.05. The molecule has 1 unspecified atom stereocenters. The number of nitrogens with zero attached hydrogens (tertiary/aromatic N) is 2. The maximum atomic E-state index is 4.43. The zero-order valence-corrected chi connectivity index (χ0v) is 10.5. The number of alkyl halides is 1. The van der Waals surface area contributed by atoms with Gasteiger partial charge >= 0.3 is 0 Å². The Morgan fingerprint density at radius 3 is 2.77 bits per heavy atom. The molecule has 0 spiro atoms. The van der Waals surface area contributed by atoms with Crippen LogP contribution in [0.2, 0.25) is 0 Å². The van der Waals surface area contributed by atoms with E-state index in [1.165, 1.54) is 24.4 Å². The van der Waals surface area contributed by atoms with Gasteiger partial charge in [-0.05, 0) is 18.0 Å². The van der Waals surface area contributed by atoms with E-state index in [0.717, 1.165) is 23.7 Å². The van der Waals surface area contributed by atoms with Crippen LogP contribution < -0.4 is 0 Å². The van der Waals surface area contributed by atoms with Gasteiger partial charge in [-0.3, -0.25) is 0 Å². The summed E-state index contributed by atoms with van der Waals surface area (Å²) in [5.74, 6) is 0.983.